The average Bonchev–Trinajstić information content (AvgIpc) is 2.63. The molecule has 0 spiro atoms. The molecule has 26 heavy (non-hydrogen) atoms. The van der Waals surface area contributed by atoms with E-state index >= 15 is 0 Å². The van der Waals surface area contributed by atoms with Gasteiger partial charge in [0.25, 0.3) is 5.91 Å². The van der Waals surface area contributed by atoms with E-state index in [9.17, 15) is 9.59 Å². The highest BCUT2D eigenvalue weighted by Gasteiger charge is 2.24. The SMILES string of the molecule is COc1cccc(NC(=O)[C@@H](C)Nc2ccc3c(c2)NC(=O)[C@@H](C)O3)c1. The van der Waals surface area contributed by atoms with Crippen LogP contribution in [0.2, 0.25) is 0 Å². The summed E-state index contributed by atoms with van der Waals surface area (Å²) in [4.78, 5) is 24.1. The maximum atomic E-state index is 12.4. The molecule has 0 fully saturated rings. The summed E-state index contributed by atoms with van der Waals surface area (Å²) < 4.78 is 10.7. The molecule has 1 heterocycles. The second-order valence-corrected chi connectivity index (χ2v) is 6.05. The minimum Gasteiger partial charge on any atom is -0.497 e. The molecule has 0 saturated carbocycles. The Balaban J connectivity index is 1.65. The van der Waals surface area contributed by atoms with Crippen LogP contribution in [0, 0.1) is 0 Å². The van der Waals surface area contributed by atoms with E-state index in [0.717, 1.165) is 0 Å². The minimum absolute atomic E-state index is 0.190. The van der Waals surface area contributed by atoms with E-state index in [1.807, 2.05) is 6.07 Å². The number of hydrogen-bond acceptors (Lipinski definition) is 5. The monoisotopic (exact) mass is 355 g/mol. The molecule has 2 aromatic carbocycles. The van der Waals surface area contributed by atoms with Crippen LogP contribution in [0.4, 0.5) is 17.1 Å². The fourth-order valence-electron chi connectivity index (χ4n) is 2.57. The lowest BCUT2D eigenvalue weighted by atomic mass is 10.2. The first kappa shape index (κ1) is 17.6. The number of carbonyl (C=O) groups is 2. The third kappa shape index (κ3) is 3.88. The molecule has 3 N–H and O–H groups in total. The zero-order chi connectivity index (χ0) is 18.7. The molecule has 0 radical (unpaired) electrons. The second-order valence-electron chi connectivity index (χ2n) is 6.05. The van der Waals surface area contributed by atoms with Gasteiger partial charge in [0.05, 0.1) is 12.8 Å². The zero-order valence-corrected chi connectivity index (χ0v) is 14.8. The van der Waals surface area contributed by atoms with Gasteiger partial charge in [-0.3, -0.25) is 9.59 Å². The van der Waals surface area contributed by atoms with E-state index < -0.39 is 12.1 Å². The lowest BCUT2D eigenvalue weighted by Gasteiger charge is -2.24. The summed E-state index contributed by atoms with van der Waals surface area (Å²) >= 11 is 0. The number of fused-ring (bicyclic) bond motifs is 1. The van der Waals surface area contributed by atoms with Crippen LogP contribution in [0.15, 0.2) is 42.5 Å². The van der Waals surface area contributed by atoms with Gasteiger partial charge in [-0.05, 0) is 44.2 Å². The van der Waals surface area contributed by atoms with Crippen LogP contribution >= 0.6 is 0 Å². The van der Waals surface area contributed by atoms with Crippen LogP contribution in [0.1, 0.15) is 13.8 Å². The Morgan fingerprint density at radius 3 is 2.81 bits per heavy atom. The van der Waals surface area contributed by atoms with Gasteiger partial charge in [-0.15, -0.1) is 0 Å². The molecule has 2 atom stereocenters. The van der Waals surface area contributed by atoms with Crippen molar-refractivity contribution in [3.05, 3.63) is 42.5 Å². The predicted molar refractivity (Wildman–Crippen MR) is 99.9 cm³/mol. The second kappa shape index (κ2) is 7.35. The molecule has 1 aliphatic rings. The Morgan fingerprint density at radius 1 is 1.23 bits per heavy atom. The van der Waals surface area contributed by atoms with Crippen LogP contribution in [0.3, 0.4) is 0 Å². The largest absolute Gasteiger partial charge is 0.497 e. The number of methoxy groups -OCH3 is 1. The van der Waals surface area contributed by atoms with Crippen molar-refractivity contribution < 1.29 is 19.1 Å². The third-order valence-corrected chi connectivity index (χ3v) is 4.02. The first-order valence-corrected chi connectivity index (χ1v) is 8.29. The molecule has 0 bridgehead atoms. The van der Waals surface area contributed by atoms with Gasteiger partial charge in [-0.25, -0.2) is 0 Å². The molecule has 0 saturated heterocycles. The average molecular weight is 355 g/mol. The van der Waals surface area contributed by atoms with Gasteiger partial charge < -0.3 is 25.4 Å². The van der Waals surface area contributed by atoms with Crippen molar-refractivity contribution in [2.45, 2.75) is 26.0 Å². The van der Waals surface area contributed by atoms with Crippen molar-refractivity contribution >= 4 is 28.9 Å². The van der Waals surface area contributed by atoms with Crippen molar-refractivity contribution in [1.29, 1.82) is 0 Å². The number of nitrogens with one attached hydrogen (secondary N) is 3. The smallest absolute Gasteiger partial charge is 0.265 e. The molecular formula is C19H21N3O4. The van der Waals surface area contributed by atoms with Crippen molar-refractivity contribution in [2.24, 2.45) is 0 Å². The highest BCUT2D eigenvalue weighted by atomic mass is 16.5. The third-order valence-electron chi connectivity index (χ3n) is 4.02. The van der Waals surface area contributed by atoms with Gasteiger partial charge in [-0.2, -0.15) is 0 Å². The first-order chi connectivity index (χ1) is 12.5. The van der Waals surface area contributed by atoms with Gasteiger partial charge in [0.15, 0.2) is 6.10 Å². The van der Waals surface area contributed by atoms with Crippen LogP contribution < -0.4 is 25.4 Å². The van der Waals surface area contributed by atoms with Crippen LogP contribution in [-0.4, -0.2) is 31.1 Å². The lowest BCUT2D eigenvalue weighted by molar-refractivity contribution is -0.122. The number of anilines is 3. The van der Waals surface area contributed by atoms with Gasteiger partial charge >= 0.3 is 0 Å². The molecule has 2 aromatic rings. The van der Waals surface area contributed by atoms with Crippen molar-refractivity contribution in [3.8, 4) is 11.5 Å². The summed E-state index contributed by atoms with van der Waals surface area (Å²) in [7, 11) is 1.57. The first-order valence-electron chi connectivity index (χ1n) is 8.29. The van der Waals surface area contributed by atoms with Crippen LogP contribution in [0.25, 0.3) is 0 Å². The highest BCUT2D eigenvalue weighted by molar-refractivity contribution is 5.99. The molecule has 3 rings (SSSR count). The molecular weight excluding hydrogens is 334 g/mol. The number of carbonyl (C=O) groups excluding carboxylic acids is 2. The van der Waals surface area contributed by atoms with Crippen LogP contribution in [0.5, 0.6) is 11.5 Å². The van der Waals surface area contributed by atoms with E-state index in [2.05, 4.69) is 16.0 Å². The zero-order valence-electron chi connectivity index (χ0n) is 14.8. The van der Waals surface area contributed by atoms with Gasteiger partial charge in [0.2, 0.25) is 5.91 Å². The summed E-state index contributed by atoms with van der Waals surface area (Å²) in [5.74, 6) is 0.891. The predicted octanol–water partition coefficient (Wildman–Crippen LogP) is 2.85. The topological polar surface area (TPSA) is 88.7 Å². The molecule has 7 heteroatoms. The summed E-state index contributed by atoms with van der Waals surface area (Å²) in [5.41, 5.74) is 1.94. The Morgan fingerprint density at radius 2 is 2.04 bits per heavy atom. The summed E-state index contributed by atoms with van der Waals surface area (Å²) in [6.45, 7) is 3.45. The fourth-order valence-corrected chi connectivity index (χ4v) is 2.57. The van der Waals surface area contributed by atoms with Gasteiger partial charge in [-0.1, -0.05) is 6.07 Å². The van der Waals surface area contributed by atoms with E-state index in [4.69, 9.17) is 9.47 Å². The standard InChI is InChI=1S/C19H21N3O4/c1-11(18(23)21-13-5-4-6-15(9-13)25-3)20-14-7-8-17-16(10-14)22-19(24)12(2)26-17/h4-12,20H,1-3H3,(H,21,23)(H,22,24)/t11-,12-/m1/s1. The van der Waals surface area contributed by atoms with Crippen molar-refractivity contribution in [1.82, 2.24) is 0 Å². The van der Waals surface area contributed by atoms with Gasteiger partial charge in [0.1, 0.15) is 17.5 Å². The van der Waals surface area contributed by atoms with E-state index in [-0.39, 0.29) is 11.8 Å². The highest BCUT2D eigenvalue weighted by Crippen LogP contribution is 2.32. The summed E-state index contributed by atoms with van der Waals surface area (Å²) in [6.07, 6.45) is -0.520. The number of amides is 2. The molecule has 2 amide bonds. The molecule has 136 valence electrons. The molecule has 0 aromatic heterocycles. The molecule has 0 aliphatic carbocycles. The number of hydrogen-bond donors (Lipinski definition) is 3. The van der Waals surface area contributed by atoms with Gasteiger partial charge in [0, 0.05) is 17.4 Å². The maximum absolute atomic E-state index is 12.4. The van der Waals surface area contributed by atoms with E-state index in [0.29, 0.717) is 28.6 Å². The Bertz CT molecular complexity index is 837. The summed E-state index contributed by atoms with van der Waals surface area (Å²) in [6, 6.07) is 12.0. The minimum atomic E-state index is -0.520. The van der Waals surface area contributed by atoms with Crippen molar-refractivity contribution in [3.63, 3.8) is 0 Å². The Kier molecular flexibility index (Phi) is 4.97. The lowest BCUT2D eigenvalue weighted by Crippen LogP contribution is -2.34. The molecule has 0 unspecified atom stereocenters. The fraction of sp³-hybridized carbons (Fsp3) is 0.263. The maximum Gasteiger partial charge on any atom is 0.265 e. The van der Waals surface area contributed by atoms with E-state index in [1.165, 1.54) is 0 Å². The Hall–Kier alpha value is -3.22. The summed E-state index contributed by atoms with van der Waals surface area (Å²) in [5, 5.41) is 8.74. The van der Waals surface area contributed by atoms with E-state index in [1.54, 1.807) is 57.4 Å². The molecule has 1 aliphatic heterocycles. The number of benzene rings is 2. The number of rotatable bonds is 5. The molecule has 7 nitrogen and oxygen atoms in total. The Labute approximate surface area is 151 Å². The normalized spacial score (nSPS) is 16.6. The van der Waals surface area contributed by atoms with Crippen LogP contribution in [-0.2, 0) is 9.59 Å². The number of ether oxygens (including phenoxy) is 2. The van der Waals surface area contributed by atoms with Crippen molar-refractivity contribution in [2.75, 3.05) is 23.1 Å². The quantitative estimate of drug-likeness (QED) is 0.767.